The monoisotopic (exact) mass is 304 g/mol. The van der Waals surface area contributed by atoms with E-state index in [9.17, 15) is 0 Å². The number of halogens is 1. The molecule has 0 atom stereocenters. The lowest BCUT2D eigenvalue weighted by molar-refractivity contribution is 0.581. The van der Waals surface area contributed by atoms with Gasteiger partial charge in [0, 0.05) is 26.2 Å². The molecule has 1 N–H and O–H groups in total. The highest BCUT2D eigenvalue weighted by molar-refractivity contribution is 5.85. The van der Waals surface area contributed by atoms with Gasteiger partial charge < -0.3 is 10.2 Å². The molecule has 1 saturated carbocycles. The molecule has 5 heteroatoms. The molecule has 2 fully saturated rings. The number of aromatic nitrogens is 2. The van der Waals surface area contributed by atoms with E-state index in [2.05, 4.69) is 22.3 Å². The lowest BCUT2D eigenvalue weighted by Gasteiger charge is -2.29. The second-order valence-corrected chi connectivity index (χ2v) is 5.87. The second-order valence-electron chi connectivity index (χ2n) is 5.87. The standard InChI is InChI=1S/C16H20N4.ClH/c1-2-4-14-13(3-1)18-15(11-12-5-6-12)16(19-14)20-9-7-17-8-10-20;/h1-4,12,17H,5-11H2;1H. The Morgan fingerprint density at radius 1 is 1.05 bits per heavy atom. The van der Waals surface area contributed by atoms with E-state index in [-0.39, 0.29) is 12.4 Å². The van der Waals surface area contributed by atoms with Gasteiger partial charge in [0.1, 0.15) is 0 Å². The summed E-state index contributed by atoms with van der Waals surface area (Å²) in [5.41, 5.74) is 3.25. The van der Waals surface area contributed by atoms with Crippen LogP contribution in [0.4, 0.5) is 5.82 Å². The molecule has 0 amide bonds. The number of piperazine rings is 1. The molecule has 1 aromatic heterocycles. The molecule has 1 aromatic carbocycles. The minimum atomic E-state index is 0. The van der Waals surface area contributed by atoms with Crippen LogP contribution in [0.1, 0.15) is 18.5 Å². The highest BCUT2D eigenvalue weighted by Gasteiger charge is 2.26. The fourth-order valence-corrected chi connectivity index (χ4v) is 2.89. The smallest absolute Gasteiger partial charge is 0.151 e. The number of nitrogens with one attached hydrogen (secondary N) is 1. The Bertz CT molecular complexity index is 621. The number of nitrogens with zero attached hydrogens (tertiary/aromatic N) is 3. The topological polar surface area (TPSA) is 41.1 Å². The normalized spacial score (nSPS) is 18.6. The van der Waals surface area contributed by atoms with Crippen LogP contribution < -0.4 is 10.2 Å². The molecule has 4 rings (SSSR count). The van der Waals surface area contributed by atoms with E-state index in [1.165, 1.54) is 18.5 Å². The van der Waals surface area contributed by atoms with Crippen molar-refractivity contribution in [2.75, 3.05) is 31.1 Å². The van der Waals surface area contributed by atoms with Gasteiger partial charge in [-0.15, -0.1) is 12.4 Å². The van der Waals surface area contributed by atoms with E-state index >= 15 is 0 Å². The zero-order valence-electron chi connectivity index (χ0n) is 12.1. The van der Waals surface area contributed by atoms with Gasteiger partial charge in [0.25, 0.3) is 0 Å². The lowest BCUT2D eigenvalue weighted by Crippen LogP contribution is -2.44. The summed E-state index contributed by atoms with van der Waals surface area (Å²) in [5.74, 6) is 1.96. The van der Waals surface area contributed by atoms with Crippen LogP contribution in [0.15, 0.2) is 24.3 Å². The minimum absolute atomic E-state index is 0. The van der Waals surface area contributed by atoms with E-state index in [1.807, 2.05) is 12.1 Å². The summed E-state index contributed by atoms with van der Waals surface area (Å²) in [6.45, 7) is 4.14. The first-order chi connectivity index (χ1) is 9.90. The molecule has 2 aliphatic rings. The number of anilines is 1. The summed E-state index contributed by atoms with van der Waals surface area (Å²) >= 11 is 0. The number of para-hydroxylation sites is 2. The molecule has 4 nitrogen and oxygen atoms in total. The Morgan fingerprint density at radius 2 is 1.71 bits per heavy atom. The summed E-state index contributed by atoms with van der Waals surface area (Å²) in [4.78, 5) is 12.2. The van der Waals surface area contributed by atoms with Crippen molar-refractivity contribution in [3.05, 3.63) is 30.0 Å². The quantitative estimate of drug-likeness (QED) is 0.945. The molecule has 21 heavy (non-hydrogen) atoms. The van der Waals surface area contributed by atoms with Crippen LogP contribution in [0.2, 0.25) is 0 Å². The van der Waals surface area contributed by atoms with E-state index in [0.29, 0.717) is 0 Å². The maximum Gasteiger partial charge on any atom is 0.151 e. The van der Waals surface area contributed by atoms with Crippen LogP contribution in [0.5, 0.6) is 0 Å². The summed E-state index contributed by atoms with van der Waals surface area (Å²) < 4.78 is 0. The molecule has 112 valence electrons. The van der Waals surface area contributed by atoms with Crippen molar-refractivity contribution in [2.24, 2.45) is 5.92 Å². The molecule has 0 unspecified atom stereocenters. The van der Waals surface area contributed by atoms with E-state index in [1.54, 1.807) is 0 Å². The van der Waals surface area contributed by atoms with E-state index in [0.717, 1.165) is 55.4 Å². The van der Waals surface area contributed by atoms with E-state index in [4.69, 9.17) is 9.97 Å². The predicted octanol–water partition coefficient (Wildman–Crippen LogP) is 2.41. The van der Waals surface area contributed by atoms with Crippen LogP contribution >= 0.6 is 12.4 Å². The Hall–Kier alpha value is -1.39. The SMILES string of the molecule is Cl.c1ccc2nc(N3CCNCC3)c(CC3CC3)nc2c1. The van der Waals surface area contributed by atoms with Crippen LogP contribution in [0.3, 0.4) is 0 Å². The van der Waals surface area contributed by atoms with Crippen molar-refractivity contribution in [2.45, 2.75) is 19.3 Å². The molecular formula is C16H21ClN4. The number of benzene rings is 1. The van der Waals surface area contributed by atoms with Crippen molar-refractivity contribution in [3.8, 4) is 0 Å². The molecule has 1 aliphatic carbocycles. The van der Waals surface area contributed by atoms with Crippen molar-refractivity contribution in [1.29, 1.82) is 0 Å². The maximum atomic E-state index is 4.92. The zero-order chi connectivity index (χ0) is 13.4. The molecule has 0 bridgehead atoms. The largest absolute Gasteiger partial charge is 0.353 e. The maximum absolute atomic E-state index is 4.92. The van der Waals surface area contributed by atoms with Gasteiger partial charge >= 0.3 is 0 Å². The molecule has 1 aliphatic heterocycles. The fraction of sp³-hybridized carbons (Fsp3) is 0.500. The number of hydrogen-bond donors (Lipinski definition) is 1. The third-order valence-electron chi connectivity index (χ3n) is 4.22. The second kappa shape index (κ2) is 6.16. The van der Waals surface area contributed by atoms with Gasteiger partial charge in [0.05, 0.1) is 16.7 Å². The molecule has 2 aromatic rings. The molecule has 0 radical (unpaired) electrons. The van der Waals surface area contributed by atoms with Crippen LogP contribution in [0, 0.1) is 5.92 Å². The summed E-state index contributed by atoms with van der Waals surface area (Å²) in [6.07, 6.45) is 3.81. The summed E-state index contributed by atoms with van der Waals surface area (Å²) in [5, 5.41) is 3.40. The fourth-order valence-electron chi connectivity index (χ4n) is 2.89. The Labute approximate surface area is 131 Å². The Morgan fingerprint density at radius 3 is 2.38 bits per heavy atom. The highest BCUT2D eigenvalue weighted by atomic mass is 35.5. The molecular weight excluding hydrogens is 284 g/mol. The first-order valence-corrected chi connectivity index (χ1v) is 7.61. The molecule has 1 saturated heterocycles. The van der Waals surface area contributed by atoms with Crippen molar-refractivity contribution in [1.82, 2.24) is 15.3 Å². The van der Waals surface area contributed by atoms with Gasteiger partial charge in [-0.25, -0.2) is 9.97 Å². The average molecular weight is 305 g/mol. The van der Waals surface area contributed by atoms with Gasteiger partial charge in [-0.05, 0) is 37.3 Å². The first kappa shape index (κ1) is 14.5. The summed E-state index contributed by atoms with van der Waals surface area (Å²) in [7, 11) is 0. The molecule has 0 spiro atoms. The van der Waals surface area contributed by atoms with Crippen molar-refractivity contribution in [3.63, 3.8) is 0 Å². The Kier molecular flexibility index (Phi) is 4.27. The van der Waals surface area contributed by atoms with Gasteiger partial charge in [0.2, 0.25) is 0 Å². The number of rotatable bonds is 3. The van der Waals surface area contributed by atoms with E-state index < -0.39 is 0 Å². The zero-order valence-corrected chi connectivity index (χ0v) is 12.9. The van der Waals surface area contributed by atoms with Gasteiger partial charge in [-0.2, -0.15) is 0 Å². The molecule has 2 heterocycles. The van der Waals surface area contributed by atoms with Crippen LogP contribution in [0.25, 0.3) is 11.0 Å². The summed E-state index contributed by atoms with van der Waals surface area (Å²) in [6, 6.07) is 8.22. The van der Waals surface area contributed by atoms with Gasteiger partial charge in [-0.3, -0.25) is 0 Å². The third kappa shape index (κ3) is 3.11. The lowest BCUT2D eigenvalue weighted by atomic mass is 10.2. The predicted molar refractivity (Wildman–Crippen MR) is 88.3 cm³/mol. The van der Waals surface area contributed by atoms with Crippen molar-refractivity contribution < 1.29 is 0 Å². The van der Waals surface area contributed by atoms with Gasteiger partial charge in [0.15, 0.2) is 5.82 Å². The van der Waals surface area contributed by atoms with Crippen LogP contribution in [-0.4, -0.2) is 36.1 Å². The minimum Gasteiger partial charge on any atom is -0.353 e. The number of hydrogen-bond acceptors (Lipinski definition) is 4. The first-order valence-electron chi connectivity index (χ1n) is 7.61. The van der Waals surface area contributed by atoms with Crippen LogP contribution in [-0.2, 0) is 6.42 Å². The average Bonchev–Trinajstić information content (AvgIpc) is 3.31. The highest BCUT2D eigenvalue weighted by Crippen LogP contribution is 2.34. The van der Waals surface area contributed by atoms with Crippen molar-refractivity contribution >= 4 is 29.3 Å². The third-order valence-corrected chi connectivity index (χ3v) is 4.22. The number of fused-ring (bicyclic) bond motifs is 1. The van der Waals surface area contributed by atoms with Gasteiger partial charge in [-0.1, -0.05) is 12.1 Å². The Balaban J connectivity index is 0.00000132.